The van der Waals surface area contributed by atoms with E-state index in [1.807, 2.05) is 0 Å². The predicted octanol–water partition coefficient (Wildman–Crippen LogP) is 3.91. The molecule has 2 aromatic carbocycles. The Morgan fingerprint density at radius 3 is 2.40 bits per heavy atom. The van der Waals surface area contributed by atoms with Crippen LogP contribution in [0, 0.1) is 0 Å². The highest BCUT2D eigenvalue weighted by Gasteiger charge is 2.32. The number of ether oxygens (including phenoxy) is 2. The summed E-state index contributed by atoms with van der Waals surface area (Å²) in [7, 11) is -1.31. The maximum Gasteiger partial charge on any atom is 0.339 e. The third-order valence-corrected chi connectivity index (χ3v) is 6.51. The van der Waals surface area contributed by atoms with Crippen LogP contribution in [0.3, 0.4) is 0 Å². The highest BCUT2D eigenvalue weighted by Crippen LogP contribution is 2.34. The Labute approximate surface area is 185 Å². The van der Waals surface area contributed by atoms with E-state index in [0.29, 0.717) is 12.1 Å². The molecule has 2 aromatic rings. The van der Waals surface area contributed by atoms with E-state index in [-0.39, 0.29) is 45.0 Å². The minimum Gasteiger partial charge on any atom is -0.493 e. The summed E-state index contributed by atoms with van der Waals surface area (Å²) in [5.74, 6) is 0.126. The van der Waals surface area contributed by atoms with Gasteiger partial charge in [-0.05, 0) is 48.7 Å². The summed E-state index contributed by atoms with van der Waals surface area (Å²) < 4.78 is 41.0. The number of nitrogens with zero attached hydrogens (tertiary/aromatic N) is 1. The van der Waals surface area contributed by atoms with Gasteiger partial charge in [0, 0.05) is 19.7 Å². The van der Waals surface area contributed by atoms with Crippen LogP contribution in [0.5, 0.6) is 11.5 Å². The van der Waals surface area contributed by atoms with Crippen LogP contribution >= 0.6 is 23.2 Å². The van der Waals surface area contributed by atoms with Crippen molar-refractivity contribution in [3.63, 3.8) is 0 Å². The zero-order valence-electron chi connectivity index (χ0n) is 16.4. The van der Waals surface area contributed by atoms with Crippen molar-refractivity contribution in [2.45, 2.75) is 30.3 Å². The molecule has 1 aliphatic rings. The lowest BCUT2D eigenvalue weighted by atomic mass is 10.2. The summed E-state index contributed by atoms with van der Waals surface area (Å²) in [6.45, 7) is 0.293. The SMILES string of the molecule is COCC(=O)N(Cc1ccc(OC)c(OS(=O)(=O)c2ccc(Cl)c(Cl)c2)c1)C1CC1. The Balaban J connectivity index is 1.87. The van der Waals surface area contributed by atoms with Gasteiger partial charge >= 0.3 is 10.1 Å². The van der Waals surface area contributed by atoms with Gasteiger partial charge < -0.3 is 18.6 Å². The molecule has 10 heteroatoms. The molecular formula is C20H21Cl2NO6S. The third-order valence-electron chi connectivity index (χ3n) is 4.54. The van der Waals surface area contributed by atoms with Crippen LogP contribution in [0.2, 0.25) is 10.0 Å². The summed E-state index contributed by atoms with van der Waals surface area (Å²) in [5.41, 5.74) is 0.700. The van der Waals surface area contributed by atoms with E-state index in [1.54, 1.807) is 23.1 Å². The van der Waals surface area contributed by atoms with Crippen molar-refractivity contribution in [3.05, 3.63) is 52.0 Å². The molecule has 7 nitrogen and oxygen atoms in total. The minimum atomic E-state index is -4.18. The summed E-state index contributed by atoms with van der Waals surface area (Å²) in [4.78, 5) is 13.9. The van der Waals surface area contributed by atoms with Gasteiger partial charge in [-0.25, -0.2) is 0 Å². The molecule has 162 valence electrons. The van der Waals surface area contributed by atoms with Gasteiger partial charge in [-0.2, -0.15) is 8.42 Å². The molecule has 0 unspecified atom stereocenters. The Bertz CT molecular complexity index is 1040. The average Bonchev–Trinajstić information content (AvgIpc) is 3.53. The highest BCUT2D eigenvalue weighted by molar-refractivity contribution is 7.87. The molecule has 0 aliphatic heterocycles. The van der Waals surface area contributed by atoms with Gasteiger partial charge in [0.05, 0.1) is 17.2 Å². The molecule has 1 saturated carbocycles. The maximum absolute atomic E-state index is 12.7. The van der Waals surface area contributed by atoms with E-state index in [0.717, 1.165) is 12.8 Å². The molecule has 1 aliphatic carbocycles. The van der Waals surface area contributed by atoms with Gasteiger partial charge in [0.1, 0.15) is 11.5 Å². The quantitative estimate of drug-likeness (QED) is 0.513. The molecule has 0 aromatic heterocycles. The van der Waals surface area contributed by atoms with Crippen molar-refractivity contribution in [1.82, 2.24) is 4.90 Å². The first-order valence-electron chi connectivity index (χ1n) is 9.10. The van der Waals surface area contributed by atoms with Crippen LogP contribution in [0.1, 0.15) is 18.4 Å². The van der Waals surface area contributed by atoms with E-state index >= 15 is 0 Å². The van der Waals surface area contributed by atoms with E-state index in [2.05, 4.69) is 0 Å². The smallest absolute Gasteiger partial charge is 0.339 e. The van der Waals surface area contributed by atoms with Crippen molar-refractivity contribution in [2.75, 3.05) is 20.8 Å². The molecule has 0 atom stereocenters. The Morgan fingerprint density at radius 2 is 1.80 bits per heavy atom. The predicted molar refractivity (Wildman–Crippen MR) is 113 cm³/mol. The first kappa shape index (κ1) is 22.7. The molecule has 0 spiro atoms. The number of carbonyl (C=O) groups excluding carboxylic acids is 1. The van der Waals surface area contributed by atoms with Gasteiger partial charge in [0.25, 0.3) is 0 Å². The van der Waals surface area contributed by atoms with Crippen LogP contribution in [-0.2, 0) is 26.2 Å². The van der Waals surface area contributed by atoms with Crippen molar-refractivity contribution in [1.29, 1.82) is 0 Å². The van der Waals surface area contributed by atoms with Gasteiger partial charge in [-0.3, -0.25) is 4.79 Å². The monoisotopic (exact) mass is 473 g/mol. The second kappa shape index (κ2) is 9.43. The van der Waals surface area contributed by atoms with E-state index < -0.39 is 10.1 Å². The summed E-state index contributed by atoms with van der Waals surface area (Å²) in [5, 5.41) is 0.329. The standard InChI is InChI=1S/C20H21Cl2NO6S/c1-27-12-20(24)23(14-4-5-14)11-13-3-8-18(28-2)19(9-13)29-30(25,26)15-6-7-16(21)17(22)10-15/h3,6-10,14H,4-5,11-12H2,1-2H3. The summed E-state index contributed by atoms with van der Waals surface area (Å²) in [6.07, 6.45) is 1.86. The normalized spacial score (nSPS) is 13.7. The van der Waals surface area contributed by atoms with Crippen LogP contribution in [-0.4, -0.2) is 46.1 Å². The topological polar surface area (TPSA) is 82.1 Å². The Kier molecular flexibility index (Phi) is 7.13. The summed E-state index contributed by atoms with van der Waals surface area (Å²) in [6, 6.07) is 8.96. The fourth-order valence-corrected chi connectivity index (χ4v) is 4.22. The van der Waals surface area contributed by atoms with Gasteiger partial charge in [-0.15, -0.1) is 0 Å². The zero-order chi connectivity index (χ0) is 21.9. The number of methoxy groups -OCH3 is 2. The fraction of sp³-hybridized carbons (Fsp3) is 0.350. The Hall–Kier alpha value is -2.00. The van der Waals surface area contributed by atoms with Gasteiger partial charge in [0.15, 0.2) is 11.5 Å². The van der Waals surface area contributed by atoms with Crippen LogP contribution in [0.25, 0.3) is 0 Å². The number of rotatable bonds is 9. The van der Waals surface area contributed by atoms with Crippen LogP contribution in [0.4, 0.5) is 0 Å². The largest absolute Gasteiger partial charge is 0.493 e. The molecule has 0 heterocycles. The molecule has 1 amide bonds. The lowest BCUT2D eigenvalue weighted by Gasteiger charge is -2.23. The fourth-order valence-electron chi connectivity index (χ4n) is 2.89. The molecular weight excluding hydrogens is 453 g/mol. The highest BCUT2D eigenvalue weighted by atomic mass is 35.5. The molecule has 0 saturated heterocycles. The Morgan fingerprint density at radius 1 is 1.07 bits per heavy atom. The molecule has 30 heavy (non-hydrogen) atoms. The minimum absolute atomic E-state index is 0.0102. The molecule has 3 rings (SSSR count). The van der Waals surface area contributed by atoms with Crippen molar-refractivity contribution < 1.29 is 26.9 Å². The molecule has 0 radical (unpaired) electrons. The van der Waals surface area contributed by atoms with Crippen molar-refractivity contribution in [3.8, 4) is 11.5 Å². The van der Waals surface area contributed by atoms with Crippen LogP contribution < -0.4 is 8.92 Å². The summed E-state index contributed by atoms with van der Waals surface area (Å²) >= 11 is 11.8. The molecule has 1 fully saturated rings. The van der Waals surface area contributed by atoms with E-state index in [1.165, 1.54) is 32.4 Å². The lowest BCUT2D eigenvalue weighted by molar-refractivity contribution is -0.136. The average molecular weight is 474 g/mol. The second-order valence-electron chi connectivity index (χ2n) is 6.78. The molecule has 0 bridgehead atoms. The number of hydrogen-bond donors (Lipinski definition) is 0. The first-order chi connectivity index (χ1) is 14.2. The maximum atomic E-state index is 12.7. The number of hydrogen-bond acceptors (Lipinski definition) is 6. The number of benzene rings is 2. The van der Waals surface area contributed by atoms with E-state index in [4.69, 9.17) is 36.9 Å². The number of carbonyl (C=O) groups is 1. The zero-order valence-corrected chi connectivity index (χ0v) is 18.8. The van der Waals surface area contributed by atoms with Crippen LogP contribution in [0.15, 0.2) is 41.3 Å². The number of amides is 1. The number of halogens is 2. The van der Waals surface area contributed by atoms with Crippen molar-refractivity contribution >= 4 is 39.2 Å². The molecule has 0 N–H and O–H groups in total. The van der Waals surface area contributed by atoms with Gasteiger partial charge in [0.2, 0.25) is 5.91 Å². The van der Waals surface area contributed by atoms with Crippen molar-refractivity contribution in [2.24, 2.45) is 0 Å². The lowest BCUT2D eigenvalue weighted by Crippen LogP contribution is -2.35. The first-order valence-corrected chi connectivity index (χ1v) is 11.3. The second-order valence-corrected chi connectivity index (χ2v) is 9.15. The third kappa shape index (κ3) is 5.37. The van der Waals surface area contributed by atoms with E-state index in [9.17, 15) is 13.2 Å². The van der Waals surface area contributed by atoms with Gasteiger partial charge in [-0.1, -0.05) is 29.3 Å².